The first-order valence-electron chi connectivity index (χ1n) is 9.58. The number of carbonyl (C=O) groups excluding carboxylic acids is 2. The van der Waals surface area contributed by atoms with Crippen molar-refractivity contribution < 1.29 is 22.7 Å². The summed E-state index contributed by atoms with van der Waals surface area (Å²) < 4.78 is 33.2. The van der Waals surface area contributed by atoms with Crippen LogP contribution >= 0.6 is 0 Å². The summed E-state index contributed by atoms with van der Waals surface area (Å²) in [6, 6.07) is 12.1. The molecule has 0 aromatic heterocycles. The maximum Gasteiger partial charge on any atom is 0.254 e. The average molecular weight is 432 g/mol. The number of amides is 2. The molecule has 1 aliphatic rings. The van der Waals surface area contributed by atoms with Gasteiger partial charge >= 0.3 is 0 Å². The minimum Gasteiger partial charge on any atom is -0.495 e. The highest BCUT2D eigenvalue weighted by Crippen LogP contribution is 2.29. The number of methoxy groups -OCH3 is 1. The second-order valence-corrected chi connectivity index (χ2v) is 8.93. The Balaban J connectivity index is 2.01. The topological polar surface area (TPSA) is 105 Å². The molecule has 2 aromatic carbocycles. The molecule has 1 heterocycles. The van der Waals surface area contributed by atoms with Gasteiger partial charge in [-0.25, -0.2) is 13.1 Å². The van der Waals surface area contributed by atoms with E-state index >= 15 is 0 Å². The molecule has 0 saturated carbocycles. The molecule has 0 spiro atoms. The quantitative estimate of drug-likeness (QED) is 0.724. The van der Waals surface area contributed by atoms with Crippen LogP contribution < -0.4 is 14.8 Å². The van der Waals surface area contributed by atoms with Crippen LogP contribution in [0.15, 0.2) is 53.4 Å². The Morgan fingerprint density at radius 3 is 2.53 bits per heavy atom. The number of nitrogens with zero attached hydrogens (tertiary/aromatic N) is 1. The summed E-state index contributed by atoms with van der Waals surface area (Å²) in [4.78, 5) is 27.2. The Hall–Kier alpha value is -2.91. The smallest absolute Gasteiger partial charge is 0.254 e. The van der Waals surface area contributed by atoms with E-state index in [2.05, 4.69) is 10.0 Å². The van der Waals surface area contributed by atoms with E-state index in [-0.39, 0.29) is 28.2 Å². The van der Waals surface area contributed by atoms with E-state index in [1.807, 2.05) is 6.07 Å². The molecule has 2 aromatic rings. The highest BCUT2D eigenvalue weighted by atomic mass is 32.2. The van der Waals surface area contributed by atoms with Crippen LogP contribution in [0.4, 0.5) is 0 Å². The van der Waals surface area contributed by atoms with Crippen LogP contribution in [0.3, 0.4) is 0 Å². The van der Waals surface area contributed by atoms with Crippen LogP contribution in [0, 0.1) is 0 Å². The number of nitrogens with one attached hydrogen (secondary N) is 2. The Morgan fingerprint density at radius 1 is 1.20 bits per heavy atom. The van der Waals surface area contributed by atoms with Gasteiger partial charge in [0, 0.05) is 24.7 Å². The molecule has 1 fully saturated rings. The van der Waals surface area contributed by atoms with Gasteiger partial charge in [0.1, 0.15) is 16.7 Å². The van der Waals surface area contributed by atoms with Gasteiger partial charge < -0.3 is 15.0 Å². The van der Waals surface area contributed by atoms with Crippen LogP contribution in [-0.4, -0.2) is 51.4 Å². The lowest BCUT2D eigenvalue weighted by molar-refractivity contribution is -0.128. The van der Waals surface area contributed by atoms with Crippen molar-refractivity contribution in [1.29, 1.82) is 0 Å². The standard InChI is InChI=1S/C21H25N3O5S/c1-14(2)23-30(27,28)18-13-16(9-10-17(18)29-3)21(26)24-12-11-22-20(25)19(24)15-7-5-4-6-8-15/h4-10,13-14,19,23H,11-12H2,1-3H3,(H,22,25). The highest BCUT2D eigenvalue weighted by molar-refractivity contribution is 7.89. The van der Waals surface area contributed by atoms with Crippen molar-refractivity contribution in [3.63, 3.8) is 0 Å². The first kappa shape index (κ1) is 21.8. The number of benzene rings is 2. The van der Waals surface area contributed by atoms with Crippen LogP contribution in [0.5, 0.6) is 5.75 Å². The monoisotopic (exact) mass is 431 g/mol. The third-order valence-corrected chi connectivity index (χ3v) is 6.36. The summed E-state index contributed by atoms with van der Waals surface area (Å²) in [5.74, 6) is -0.568. The molecular weight excluding hydrogens is 406 g/mol. The SMILES string of the molecule is COc1ccc(C(=O)N2CCNC(=O)C2c2ccccc2)cc1S(=O)(=O)NC(C)C. The van der Waals surface area contributed by atoms with Crippen molar-refractivity contribution in [2.24, 2.45) is 0 Å². The third-order valence-electron chi connectivity index (χ3n) is 4.68. The molecule has 160 valence electrons. The zero-order valence-corrected chi connectivity index (χ0v) is 17.9. The second-order valence-electron chi connectivity index (χ2n) is 7.24. The fourth-order valence-electron chi connectivity index (χ4n) is 3.41. The maximum absolute atomic E-state index is 13.3. The molecule has 1 atom stereocenters. The van der Waals surface area contributed by atoms with Gasteiger partial charge in [0.15, 0.2) is 0 Å². The van der Waals surface area contributed by atoms with E-state index in [1.165, 1.54) is 30.2 Å². The summed E-state index contributed by atoms with van der Waals surface area (Å²) in [6.07, 6.45) is 0. The van der Waals surface area contributed by atoms with E-state index < -0.39 is 22.0 Å². The Morgan fingerprint density at radius 2 is 1.90 bits per heavy atom. The number of ether oxygens (including phenoxy) is 1. The number of hydrogen-bond acceptors (Lipinski definition) is 5. The summed E-state index contributed by atoms with van der Waals surface area (Å²) >= 11 is 0. The number of carbonyl (C=O) groups is 2. The molecule has 0 aliphatic carbocycles. The molecule has 2 N–H and O–H groups in total. The fraction of sp³-hybridized carbons (Fsp3) is 0.333. The van der Waals surface area contributed by atoms with E-state index in [4.69, 9.17) is 4.74 Å². The van der Waals surface area contributed by atoms with E-state index in [0.717, 1.165) is 0 Å². The molecule has 2 amide bonds. The molecule has 3 rings (SSSR count). The predicted molar refractivity (Wildman–Crippen MR) is 112 cm³/mol. The van der Waals surface area contributed by atoms with Crippen LogP contribution in [0.25, 0.3) is 0 Å². The van der Waals surface area contributed by atoms with Crippen LogP contribution in [-0.2, 0) is 14.8 Å². The predicted octanol–water partition coefficient (Wildman–Crippen LogP) is 1.70. The van der Waals surface area contributed by atoms with Gasteiger partial charge in [-0.1, -0.05) is 30.3 Å². The third kappa shape index (κ3) is 4.47. The van der Waals surface area contributed by atoms with Gasteiger partial charge in [-0.15, -0.1) is 0 Å². The first-order valence-corrected chi connectivity index (χ1v) is 11.1. The van der Waals surface area contributed by atoms with Gasteiger partial charge in [0.05, 0.1) is 7.11 Å². The van der Waals surface area contributed by atoms with Gasteiger partial charge in [0.2, 0.25) is 15.9 Å². The molecule has 0 bridgehead atoms. The summed E-state index contributed by atoms with van der Waals surface area (Å²) in [5, 5.41) is 2.78. The summed E-state index contributed by atoms with van der Waals surface area (Å²) in [6.45, 7) is 4.04. The van der Waals surface area contributed by atoms with E-state index in [0.29, 0.717) is 18.7 Å². The van der Waals surface area contributed by atoms with Gasteiger partial charge in [-0.3, -0.25) is 9.59 Å². The van der Waals surface area contributed by atoms with Crippen molar-refractivity contribution in [2.75, 3.05) is 20.2 Å². The number of piperazine rings is 1. The van der Waals surface area contributed by atoms with Gasteiger partial charge in [-0.05, 0) is 37.6 Å². The molecular formula is C21H25N3O5S. The molecule has 1 unspecified atom stereocenters. The van der Waals surface area contributed by atoms with Gasteiger partial charge in [0.25, 0.3) is 5.91 Å². The van der Waals surface area contributed by atoms with Crippen molar-refractivity contribution in [3.8, 4) is 5.75 Å². The van der Waals surface area contributed by atoms with Crippen molar-refractivity contribution in [1.82, 2.24) is 14.9 Å². The zero-order chi connectivity index (χ0) is 21.9. The normalized spacial score (nSPS) is 17.0. The Bertz CT molecular complexity index is 1040. The summed E-state index contributed by atoms with van der Waals surface area (Å²) in [7, 11) is -2.52. The maximum atomic E-state index is 13.3. The molecule has 8 nitrogen and oxygen atoms in total. The Kier molecular flexibility index (Phi) is 6.42. The highest BCUT2D eigenvalue weighted by Gasteiger charge is 2.35. The van der Waals surface area contributed by atoms with Gasteiger partial charge in [-0.2, -0.15) is 0 Å². The van der Waals surface area contributed by atoms with Crippen molar-refractivity contribution in [3.05, 3.63) is 59.7 Å². The minimum absolute atomic E-state index is 0.123. The summed E-state index contributed by atoms with van der Waals surface area (Å²) in [5.41, 5.74) is 0.849. The fourth-order valence-corrected chi connectivity index (χ4v) is 4.86. The number of hydrogen-bond donors (Lipinski definition) is 2. The lowest BCUT2D eigenvalue weighted by Crippen LogP contribution is -2.52. The minimum atomic E-state index is -3.89. The largest absolute Gasteiger partial charge is 0.495 e. The number of sulfonamides is 1. The van der Waals surface area contributed by atoms with Crippen LogP contribution in [0.1, 0.15) is 35.8 Å². The van der Waals surface area contributed by atoms with Crippen molar-refractivity contribution in [2.45, 2.75) is 30.8 Å². The molecule has 1 saturated heterocycles. The molecule has 30 heavy (non-hydrogen) atoms. The first-order chi connectivity index (χ1) is 14.2. The lowest BCUT2D eigenvalue weighted by Gasteiger charge is -2.35. The van der Waals surface area contributed by atoms with E-state index in [9.17, 15) is 18.0 Å². The molecule has 9 heteroatoms. The molecule has 1 aliphatic heterocycles. The van der Waals surface area contributed by atoms with Crippen molar-refractivity contribution >= 4 is 21.8 Å². The average Bonchev–Trinajstić information content (AvgIpc) is 2.72. The Labute approximate surface area is 176 Å². The molecule has 0 radical (unpaired) electrons. The lowest BCUT2D eigenvalue weighted by atomic mass is 10.0. The zero-order valence-electron chi connectivity index (χ0n) is 17.1. The van der Waals surface area contributed by atoms with Crippen LogP contribution in [0.2, 0.25) is 0 Å². The second kappa shape index (κ2) is 8.85. The number of rotatable bonds is 6. The van der Waals surface area contributed by atoms with E-state index in [1.54, 1.807) is 38.1 Å².